The first-order chi connectivity index (χ1) is 14.5. The zero-order valence-corrected chi connectivity index (χ0v) is 18.4. The number of carbonyl (C=O) groups is 2. The van der Waals surface area contributed by atoms with E-state index in [1.165, 1.54) is 10.5 Å². The number of fused-ring (bicyclic) bond motifs is 1. The molecule has 3 rings (SSSR count). The van der Waals surface area contributed by atoms with Gasteiger partial charge in [0, 0.05) is 17.8 Å². The van der Waals surface area contributed by atoms with Crippen LogP contribution in [0.5, 0.6) is 0 Å². The van der Waals surface area contributed by atoms with Crippen molar-refractivity contribution in [1.29, 1.82) is 0 Å². The van der Waals surface area contributed by atoms with Crippen LogP contribution in [0.2, 0.25) is 0 Å². The van der Waals surface area contributed by atoms with Crippen molar-refractivity contribution in [3.8, 4) is 0 Å². The monoisotopic (exact) mass is 421 g/mol. The Bertz CT molecular complexity index is 1170. The van der Waals surface area contributed by atoms with E-state index in [0.717, 1.165) is 11.1 Å². The molecule has 7 nitrogen and oxygen atoms in total. The van der Waals surface area contributed by atoms with Gasteiger partial charge in [-0.1, -0.05) is 39.0 Å². The van der Waals surface area contributed by atoms with Crippen molar-refractivity contribution in [3.05, 3.63) is 81.4 Å². The maximum Gasteiger partial charge on any atom is 0.328 e. The maximum absolute atomic E-state index is 12.4. The molecule has 0 saturated heterocycles. The minimum absolute atomic E-state index is 0.00973. The first-order valence-electron chi connectivity index (χ1n) is 10.1. The molecule has 0 fully saturated rings. The molecule has 0 aliphatic rings. The number of nitrogens with zero attached hydrogens (tertiary/aromatic N) is 2. The number of rotatable bonds is 5. The van der Waals surface area contributed by atoms with Gasteiger partial charge in [0.1, 0.15) is 18.3 Å². The van der Waals surface area contributed by atoms with Crippen LogP contribution in [0.1, 0.15) is 54.9 Å². The summed E-state index contributed by atoms with van der Waals surface area (Å²) in [5, 5.41) is 2.64. The molecular formula is C24H27N3O4. The number of benzene rings is 1. The summed E-state index contributed by atoms with van der Waals surface area (Å²) in [6, 6.07) is 11.4. The van der Waals surface area contributed by atoms with Gasteiger partial charge in [0.05, 0.1) is 5.69 Å². The van der Waals surface area contributed by atoms with Crippen molar-refractivity contribution in [2.24, 2.45) is 0 Å². The molecule has 162 valence electrons. The molecule has 2 heterocycles. The molecular weight excluding hydrogens is 394 g/mol. The maximum atomic E-state index is 12.4. The van der Waals surface area contributed by atoms with Crippen molar-refractivity contribution in [2.75, 3.05) is 0 Å². The fraction of sp³-hybridized carbons (Fsp3) is 0.333. The fourth-order valence-corrected chi connectivity index (χ4v) is 3.06. The van der Waals surface area contributed by atoms with Gasteiger partial charge in [0.2, 0.25) is 0 Å². The van der Waals surface area contributed by atoms with Crippen LogP contribution in [0, 0.1) is 6.92 Å². The van der Waals surface area contributed by atoms with E-state index < -0.39 is 12.0 Å². The third-order valence-corrected chi connectivity index (χ3v) is 4.94. The molecule has 1 N–H and O–H groups in total. The first kappa shape index (κ1) is 22.2. The second-order valence-electron chi connectivity index (χ2n) is 8.65. The number of esters is 1. The van der Waals surface area contributed by atoms with E-state index in [4.69, 9.17) is 4.74 Å². The molecule has 0 saturated carbocycles. The van der Waals surface area contributed by atoms with Crippen LogP contribution in [-0.4, -0.2) is 27.3 Å². The van der Waals surface area contributed by atoms with Crippen LogP contribution in [-0.2, 0) is 21.6 Å². The number of aromatic nitrogens is 2. The summed E-state index contributed by atoms with van der Waals surface area (Å²) in [5.41, 5.74) is 3.08. The van der Waals surface area contributed by atoms with Crippen molar-refractivity contribution in [3.63, 3.8) is 0 Å². The Hall–Kier alpha value is -3.48. The summed E-state index contributed by atoms with van der Waals surface area (Å²) >= 11 is 0. The molecule has 31 heavy (non-hydrogen) atoms. The van der Waals surface area contributed by atoms with Crippen LogP contribution in [0.15, 0.2) is 53.5 Å². The number of amides is 1. The number of aryl methyl sites for hydroxylation is 1. The highest BCUT2D eigenvalue weighted by Crippen LogP contribution is 2.22. The molecule has 2 aromatic heterocycles. The topological polar surface area (TPSA) is 89.8 Å². The predicted molar refractivity (Wildman–Crippen MR) is 118 cm³/mol. The smallest absolute Gasteiger partial charge is 0.328 e. The van der Waals surface area contributed by atoms with Gasteiger partial charge in [0.25, 0.3) is 11.5 Å². The number of hydrogen-bond donors (Lipinski definition) is 1. The van der Waals surface area contributed by atoms with E-state index in [-0.39, 0.29) is 23.5 Å². The molecule has 3 aromatic rings. The minimum Gasteiger partial charge on any atom is -0.458 e. The van der Waals surface area contributed by atoms with Crippen molar-refractivity contribution >= 4 is 17.5 Å². The summed E-state index contributed by atoms with van der Waals surface area (Å²) in [7, 11) is 0. The van der Waals surface area contributed by atoms with Crippen LogP contribution >= 0.6 is 0 Å². The molecule has 1 atom stereocenters. The quantitative estimate of drug-likeness (QED) is 0.639. The van der Waals surface area contributed by atoms with Gasteiger partial charge in [0.15, 0.2) is 0 Å². The van der Waals surface area contributed by atoms with Crippen molar-refractivity contribution < 1.29 is 14.3 Å². The zero-order valence-electron chi connectivity index (χ0n) is 18.4. The van der Waals surface area contributed by atoms with Crippen LogP contribution < -0.4 is 10.9 Å². The molecule has 0 spiro atoms. The number of carbonyl (C=O) groups excluding carboxylic acids is 2. The molecule has 0 radical (unpaired) electrons. The summed E-state index contributed by atoms with van der Waals surface area (Å²) in [5.74, 6) is -0.965. The van der Waals surface area contributed by atoms with Gasteiger partial charge in [-0.25, -0.2) is 9.78 Å². The SMILES string of the molecule is Cc1ccc2nc(COC(=O)[C@H](C)NC(=O)c3ccc(C(C)(C)C)cc3)cc(=O)n2c1. The predicted octanol–water partition coefficient (Wildman–Crippen LogP) is 3.16. The molecule has 0 bridgehead atoms. The molecule has 0 aliphatic heterocycles. The zero-order chi connectivity index (χ0) is 22.8. The average Bonchev–Trinajstić information content (AvgIpc) is 2.72. The van der Waals surface area contributed by atoms with Gasteiger partial charge in [-0.15, -0.1) is 0 Å². The normalized spacial score (nSPS) is 12.4. The number of pyridine rings is 1. The lowest BCUT2D eigenvalue weighted by molar-refractivity contribution is -0.146. The van der Waals surface area contributed by atoms with Gasteiger partial charge in [-0.05, 0) is 48.6 Å². The summed E-state index contributed by atoms with van der Waals surface area (Å²) in [4.78, 5) is 41.3. The van der Waals surface area contributed by atoms with Gasteiger partial charge in [-0.3, -0.25) is 14.0 Å². The standard InChI is InChI=1S/C24H27N3O4/c1-15-6-11-20-26-19(12-21(28)27(20)13-15)14-31-23(30)16(2)25-22(29)17-7-9-18(10-8-17)24(3,4)5/h6-13,16H,14H2,1-5H3,(H,25,29)/t16-/m0/s1. The Kier molecular flexibility index (Phi) is 6.24. The van der Waals surface area contributed by atoms with Gasteiger partial charge >= 0.3 is 5.97 Å². The lowest BCUT2D eigenvalue weighted by Crippen LogP contribution is -2.39. The highest BCUT2D eigenvalue weighted by atomic mass is 16.5. The largest absolute Gasteiger partial charge is 0.458 e. The molecule has 0 unspecified atom stereocenters. The molecule has 1 amide bonds. The van der Waals surface area contributed by atoms with Crippen molar-refractivity contribution in [1.82, 2.24) is 14.7 Å². The van der Waals surface area contributed by atoms with E-state index in [0.29, 0.717) is 16.9 Å². The van der Waals surface area contributed by atoms with Crippen LogP contribution in [0.4, 0.5) is 0 Å². The highest BCUT2D eigenvalue weighted by molar-refractivity contribution is 5.96. The molecule has 0 aliphatic carbocycles. The second-order valence-corrected chi connectivity index (χ2v) is 8.65. The lowest BCUT2D eigenvalue weighted by Gasteiger charge is -2.19. The highest BCUT2D eigenvalue weighted by Gasteiger charge is 2.19. The average molecular weight is 421 g/mol. The second kappa shape index (κ2) is 8.71. The van der Waals surface area contributed by atoms with Crippen molar-refractivity contribution in [2.45, 2.75) is 52.7 Å². The minimum atomic E-state index is -0.848. The summed E-state index contributed by atoms with van der Waals surface area (Å²) in [6.07, 6.45) is 1.70. The third-order valence-electron chi connectivity index (χ3n) is 4.94. The summed E-state index contributed by atoms with van der Waals surface area (Å²) in [6.45, 7) is 9.57. The fourth-order valence-electron chi connectivity index (χ4n) is 3.06. The number of nitrogens with one attached hydrogen (secondary N) is 1. The number of hydrogen-bond acceptors (Lipinski definition) is 5. The van der Waals surface area contributed by atoms with Crippen LogP contribution in [0.3, 0.4) is 0 Å². The van der Waals surface area contributed by atoms with Gasteiger partial charge in [-0.2, -0.15) is 0 Å². The van der Waals surface area contributed by atoms with E-state index in [2.05, 4.69) is 31.1 Å². The summed E-state index contributed by atoms with van der Waals surface area (Å²) < 4.78 is 6.69. The Morgan fingerprint density at radius 1 is 1.13 bits per heavy atom. The van der Waals surface area contributed by atoms with Gasteiger partial charge < -0.3 is 10.1 Å². The van der Waals surface area contributed by atoms with E-state index in [9.17, 15) is 14.4 Å². The Morgan fingerprint density at radius 2 is 1.81 bits per heavy atom. The Labute approximate surface area is 181 Å². The van der Waals surface area contributed by atoms with E-state index in [1.807, 2.05) is 25.1 Å². The molecule has 1 aromatic carbocycles. The van der Waals surface area contributed by atoms with E-state index in [1.54, 1.807) is 31.3 Å². The first-order valence-corrected chi connectivity index (χ1v) is 10.1. The van der Waals surface area contributed by atoms with Crippen LogP contribution in [0.25, 0.3) is 5.65 Å². The third kappa shape index (κ3) is 5.36. The number of ether oxygens (including phenoxy) is 1. The molecule has 7 heteroatoms. The van der Waals surface area contributed by atoms with E-state index >= 15 is 0 Å². The Morgan fingerprint density at radius 3 is 2.45 bits per heavy atom. The Balaban J connectivity index is 1.60. The lowest BCUT2D eigenvalue weighted by atomic mass is 9.86.